The van der Waals surface area contributed by atoms with Gasteiger partial charge in [-0.15, -0.1) is 0 Å². The molecule has 0 spiro atoms. The number of esters is 1. The van der Waals surface area contributed by atoms with Crippen molar-refractivity contribution in [1.29, 1.82) is 0 Å². The zero-order valence-corrected chi connectivity index (χ0v) is 15.6. The zero-order chi connectivity index (χ0) is 18.1. The number of benzene rings is 1. The molecule has 7 heteroatoms. The summed E-state index contributed by atoms with van der Waals surface area (Å²) in [5, 5.41) is 0. The van der Waals surface area contributed by atoms with Crippen LogP contribution in [0.25, 0.3) is 6.08 Å². The van der Waals surface area contributed by atoms with E-state index in [1.165, 1.54) is 7.11 Å². The number of thiol groups is 1. The average Bonchev–Trinajstić information content (AvgIpc) is 2.73. The van der Waals surface area contributed by atoms with E-state index < -0.39 is 24.3 Å². The highest BCUT2D eigenvalue weighted by atomic mass is 32.1. The summed E-state index contributed by atoms with van der Waals surface area (Å²) < 4.78 is 16.9. The fraction of sp³-hybridized carbons (Fsp3) is 0.471. The predicted octanol–water partition coefficient (Wildman–Crippen LogP) is 3.00. The van der Waals surface area contributed by atoms with Crippen molar-refractivity contribution in [2.24, 2.45) is 0 Å². The van der Waals surface area contributed by atoms with E-state index in [1.807, 2.05) is 39.8 Å². The largest absolute Gasteiger partial charge is 0.491 e. The lowest BCUT2D eigenvalue weighted by molar-refractivity contribution is 0.00578. The van der Waals surface area contributed by atoms with E-state index in [1.54, 1.807) is 12.1 Å². The molecule has 1 fully saturated rings. The maximum absolute atomic E-state index is 11.8. The number of hydrogen-bond acceptors (Lipinski definition) is 6. The van der Waals surface area contributed by atoms with E-state index in [2.05, 4.69) is 12.6 Å². The van der Waals surface area contributed by atoms with Crippen molar-refractivity contribution in [3.63, 3.8) is 0 Å². The number of methoxy groups -OCH3 is 1. The monoisotopic (exact) mass is 349 g/mol. The smallest absolute Gasteiger partial charge is 0.465 e. The lowest BCUT2D eigenvalue weighted by Gasteiger charge is -2.32. The number of rotatable bonds is 4. The van der Waals surface area contributed by atoms with Gasteiger partial charge in [0.25, 0.3) is 0 Å². The molecule has 1 heterocycles. The van der Waals surface area contributed by atoms with Gasteiger partial charge in [0.05, 0.1) is 29.6 Å². The van der Waals surface area contributed by atoms with E-state index in [0.29, 0.717) is 22.6 Å². The van der Waals surface area contributed by atoms with Gasteiger partial charge in [0.2, 0.25) is 0 Å². The Kier molecular flexibility index (Phi) is 5.37. The van der Waals surface area contributed by atoms with Crippen molar-refractivity contribution in [3.05, 3.63) is 34.8 Å². The Hall–Kier alpha value is -1.44. The maximum atomic E-state index is 11.8. The van der Waals surface area contributed by atoms with Crippen molar-refractivity contribution < 1.29 is 18.8 Å². The summed E-state index contributed by atoms with van der Waals surface area (Å²) in [6, 6.07) is 5.22. The quantitative estimate of drug-likeness (QED) is 0.378. The van der Waals surface area contributed by atoms with Gasteiger partial charge >= 0.3 is 13.1 Å². The van der Waals surface area contributed by atoms with E-state index in [-0.39, 0.29) is 0 Å². The first-order valence-corrected chi connectivity index (χ1v) is 8.40. The van der Waals surface area contributed by atoms with Crippen LogP contribution in [0.3, 0.4) is 0 Å². The van der Waals surface area contributed by atoms with Crippen LogP contribution in [0.5, 0.6) is 0 Å². The number of carbonyl (C=O) groups excluding carboxylic acids is 1. The molecule has 1 aliphatic heterocycles. The topological polar surface area (TPSA) is 70.8 Å². The minimum absolute atomic E-state index is 0.332. The fourth-order valence-electron chi connectivity index (χ4n) is 2.38. The normalized spacial score (nSPS) is 19.4. The first-order chi connectivity index (χ1) is 11.1. The molecule has 0 amide bonds. The van der Waals surface area contributed by atoms with Crippen LogP contribution in [0.1, 0.15) is 43.6 Å². The summed E-state index contributed by atoms with van der Waals surface area (Å²) in [5.74, 6) is -0.0237. The number of anilines is 1. The van der Waals surface area contributed by atoms with E-state index in [0.717, 1.165) is 5.47 Å². The van der Waals surface area contributed by atoms with Crippen LogP contribution in [-0.4, -0.2) is 37.2 Å². The highest BCUT2D eigenvalue weighted by Gasteiger charge is 2.52. The van der Waals surface area contributed by atoms with Crippen LogP contribution in [0.15, 0.2) is 23.7 Å². The fourth-order valence-corrected chi connectivity index (χ4v) is 2.62. The van der Waals surface area contributed by atoms with Gasteiger partial charge in [-0.25, -0.2) is 4.79 Å². The number of nitrogen functional groups attached to an aromatic ring is 1. The Morgan fingerprint density at radius 1 is 1.29 bits per heavy atom. The molecule has 1 saturated heterocycles. The highest BCUT2D eigenvalue weighted by molar-refractivity contribution is 7.80. The van der Waals surface area contributed by atoms with Crippen LogP contribution < -0.4 is 5.73 Å². The third-order valence-corrected chi connectivity index (χ3v) is 4.99. The SMILES string of the molecule is COC(=O)c1cccc(C=C(CS)B2OC(C)(C)C(C)(C)O2)c1N. The average molecular weight is 349 g/mol. The van der Waals surface area contributed by atoms with Crippen LogP contribution in [0.4, 0.5) is 5.69 Å². The molecule has 1 aliphatic rings. The van der Waals surface area contributed by atoms with Crippen molar-refractivity contribution in [3.8, 4) is 0 Å². The zero-order valence-electron chi connectivity index (χ0n) is 14.8. The van der Waals surface area contributed by atoms with Crippen molar-refractivity contribution in [1.82, 2.24) is 0 Å². The summed E-state index contributed by atoms with van der Waals surface area (Å²) >= 11 is 4.39. The molecule has 2 N–H and O–H groups in total. The van der Waals surface area contributed by atoms with Gasteiger partial charge in [-0.2, -0.15) is 12.6 Å². The minimum Gasteiger partial charge on any atom is -0.465 e. The van der Waals surface area contributed by atoms with Gasteiger partial charge in [0.1, 0.15) is 0 Å². The van der Waals surface area contributed by atoms with Crippen LogP contribution in [0.2, 0.25) is 0 Å². The number of carbonyl (C=O) groups is 1. The molecule has 24 heavy (non-hydrogen) atoms. The molecule has 0 aromatic heterocycles. The first-order valence-electron chi connectivity index (χ1n) is 7.76. The molecule has 0 bridgehead atoms. The third kappa shape index (κ3) is 3.48. The molecule has 2 rings (SSSR count). The lowest BCUT2D eigenvalue weighted by atomic mass is 9.78. The molecular weight excluding hydrogens is 325 g/mol. The Morgan fingerprint density at radius 2 is 1.88 bits per heavy atom. The summed E-state index contributed by atoms with van der Waals surface area (Å²) in [7, 11) is 0.821. The van der Waals surface area contributed by atoms with E-state index in [9.17, 15) is 4.79 Å². The Morgan fingerprint density at radius 3 is 2.38 bits per heavy atom. The van der Waals surface area contributed by atoms with E-state index >= 15 is 0 Å². The number of hydrogen-bond donors (Lipinski definition) is 2. The molecule has 5 nitrogen and oxygen atoms in total. The number of nitrogens with two attached hydrogens (primary N) is 1. The lowest BCUT2D eigenvalue weighted by Crippen LogP contribution is -2.41. The molecule has 1 aromatic rings. The summed E-state index contributed by atoms with van der Waals surface area (Å²) in [5.41, 5.74) is 7.49. The Balaban J connectivity index is 2.38. The predicted molar refractivity (Wildman–Crippen MR) is 100 cm³/mol. The minimum atomic E-state index is -0.506. The van der Waals surface area contributed by atoms with Crippen molar-refractivity contribution >= 4 is 37.5 Å². The van der Waals surface area contributed by atoms with Gasteiger partial charge in [-0.3, -0.25) is 0 Å². The molecule has 0 aliphatic carbocycles. The van der Waals surface area contributed by atoms with Gasteiger partial charge in [-0.05, 0) is 44.8 Å². The summed E-state index contributed by atoms with van der Waals surface area (Å²) in [6.07, 6.45) is 1.86. The van der Waals surface area contributed by atoms with E-state index in [4.69, 9.17) is 19.8 Å². The Labute approximate surface area is 149 Å². The second-order valence-corrected chi connectivity index (χ2v) is 7.08. The van der Waals surface area contributed by atoms with Crippen molar-refractivity contribution in [2.45, 2.75) is 38.9 Å². The highest BCUT2D eigenvalue weighted by Crippen LogP contribution is 2.39. The van der Waals surface area contributed by atoms with Gasteiger partial charge in [0, 0.05) is 5.75 Å². The Bertz CT molecular complexity index is 657. The molecular formula is C17H24BNO4S. The standard InChI is InChI=1S/C17H24BNO4S/c1-16(2)17(3,4)23-18(22-16)12(10-24)9-11-7-6-8-13(14(11)19)15(20)21-5/h6-9,24H,10,19H2,1-5H3. The second-order valence-electron chi connectivity index (χ2n) is 6.77. The van der Waals surface area contributed by atoms with Gasteiger partial charge in [-0.1, -0.05) is 18.2 Å². The first kappa shape index (κ1) is 18.9. The molecule has 0 radical (unpaired) electrons. The molecule has 0 atom stereocenters. The number of para-hydroxylation sites is 1. The third-order valence-electron chi connectivity index (χ3n) is 4.62. The van der Waals surface area contributed by atoms with Gasteiger partial charge < -0.3 is 19.8 Å². The molecule has 130 valence electrons. The van der Waals surface area contributed by atoms with Crippen LogP contribution in [0, 0.1) is 0 Å². The second kappa shape index (κ2) is 6.82. The van der Waals surface area contributed by atoms with Crippen LogP contribution in [-0.2, 0) is 14.0 Å². The maximum Gasteiger partial charge on any atom is 0.491 e. The van der Waals surface area contributed by atoms with Crippen LogP contribution >= 0.6 is 12.6 Å². The van der Waals surface area contributed by atoms with Crippen molar-refractivity contribution in [2.75, 3.05) is 18.6 Å². The molecule has 1 aromatic carbocycles. The summed E-state index contributed by atoms with van der Waals surface area (Å²) in [6.45, 7) is 7.98. The van der Waals surface area contributed by atoms with Gasteiger partial charge in [0.15, 0.2) is 0 Å². The molecule has 0 unspecified atom stereocenters. The molecule has 0 saturated carbocycles. The number of ether oxygens (including phenoxy) is 1. The summed E-state index contributed by atoms with van der Waals surface area (Å²) in [4.78, 5) is 11.8.